The fraction of sp³-hybridized carbons (Fsp3) is 0.818. The lowest BCUT2D eigenvalue weighted by atomic mass is 9.85. The first kappa shape index (κ1) is 11.2. The van der Waals surface area contributed by atoms with Crippen LogP contribution in [0.15, 0.2) is 5.10 Å². The SMILES string of the molecule is CCCCCCC1=NNC(=O)C1(C)C. The normalized spacial score (nSPS) is 19.4. The van der Waals surface area contributed by atoms with E-state index < -0.39 is 0 Å². The number of unbranched alkanes of at least 4 members (excludes halogenated alkanes) is 3. The highest BCUT2D eigenvalue weighted by atomic mass is 16.2. The third-order valence-electron chi connectivity index (χ3n) is 2.85. The largest absolute Gasteiger partial charge is 0.272 e. The molecule has 0 fully saturated rings. The molecule has 14 heavy (non-hydrogen) atoms. The minimum atomic E-state index is -0.383. The Hall–Kier alpha value is -0.860. The average molecular weight is 196 g/mol. The molecule has 1 heterocycles. The Kier molecular flexibility index (Phi) is 3.67. The van der Waals surface area contributed by atoms with Crippen molar-refractivity contribution in [2.75, 3.05) is 0 Å². The van der Waals surface area contributed by atoms with E-state index in [0.717, 1.165) is 18.6 Å². The summed E-state index contributed by atoms with van der Waals surface area (Å²) in [6.45, 7) is 6.07. The summed E-state index contributed by atoms with van der Waals surface area (Å²) in [4.78, 5) is 11.4. The molecule has 0 unspecified atom stereocenters. The minimum absolute atomic E-state index is 0.0305. The van der Waals surface area contributed by atoms with Gasteiger partial charge < -0.3 is 0 Å². The van der Waals surface area contributed by atoms with Crippen LogP contribution in [0.5, 0.6) is 0 Å². The van der Waals surface area contributed by atoms with Crippen molar-refractivity contribution in [1.82, 2.24) is 5.43 Å². The van der Waals surface area contributed by atoms with Crippen molar-refractivity contribution in [2.24, 2.45) is 10.5 Å². The predicted octanol–water partition coefficient (Wildman–Crippen LogP) is 2.47. The third kappa shape index (κ3) is 2.34. The molecule has 1 aliphatic heterocycles. The molecule has 1 aliphatic rings. The maximum absolute atomic E-state index is 11.4. The van der Waals surface area contributed by atoms with Crippen LogP contribution in [-0.2, 0) is 4.79 Å². The quantitative estimate of drug-likeness (QED) is 0.674. The zero-order valence-corrected chi connectivity index (χ0v) is 9.39. The number of carbonyl (C=O) groups is 1. The fourth-order valence-corrected chi connectivity index (χ4v) is 1.62. The topological polar surface area (TPSA) is 41.5 Å². The Bertz CT molecular complexity index is 244. The summed E-state index contributed by atoms with van der Waals surface area (Å²) in [7, 11) is 0. The number of rotatable bonds is 5. The molecule has 0 atom stereocenters. The second-order valence-corrected chi connectivity index (χ2v) is 4.44. The molecule has 0 saturated heterocycles. The van der Waals surface area contributed by atoms with Crippen molar-refractivity contribution in [1.29, 1.82) is 0 Å². The highest BCUT2D eigenvalue weighted by Crippen LogP contribution is 2.25. The van der Waals surface area contributed by atoms with Crippen LogP contribution in [-0.4, -0.2) is 11.6 Å². The molecule has 0 saturated carbocycles. The average Bonchev–Trinajstić information content (AvgIpc) is 2.38. The Morgan fingerprint density at radius 1 is 1.29 bits per heavy atom. The molecule has 1 N–H and O–H groups in total. The van der Waals surface area contributed by atoms with Gasteiger partial charge in [-0.2, -0.15) is 5.10 Å². The number of hydrogen-bond donors (Lipinski definition) is 1. The molecule has 3 heteroatoms. The van der Waals surface area contributed by atoms with Crippen LogP contribution >= 0.6 is 0 Å². The number of nitrogens with zero attached hydrogens (tertiary/aromatic N) is 1. The molecule has 1 rings (SSSR count). The van der Waals surface area contributed by atoms with E-state index in [2.05, 4.69) is 17.5 Å². The molecule has 0 radical (unpaired) electrons. The number of hydrogen-bond acceptors (Lipinski definition) is 2. The Labute approximate surface area is 86.0 Å². The van der Waals surface area contributed by atoms with Gasteiger partial charge in [0.15, 0.2) is 0 Å². The number of carbonyl (C=O) groups excluding carboxylic acids is 1. The van der Waals surface area contributed by atoms with Crippen LogP contribution in [0.25, 0.3) is 0 Å². The van der Waals surface area contributed by atoms with Crippen LogP contribution < -0.4 is 5.43 Å². The van der Waals surface area contributed by atoms with E-state index in [1.54, 1.807) is 0 Å². The van der Waals surface area contributed by atoms with Gasteiger partial charge in [-0.15, -0.1) is 0 Å². The lowest BCUT2D eigenvalue weighted by molar-refractivity contribution is -0.125. The summed E-state index contributed by atoms with van der Waals surface area (Å²) in [5, 5.41) is 4.08. The van der Waals surface area contributed by atoms with Gasteiger partial charge in [0.05, 0.1) is 11.1 Å². The zero-order valence-electron chi connectivity index (χ0n) is 9.39. The van der Waals surface area contributed by atoms with E-state index in [1.807, 2.05) is 13.8 Å². The highest BCUT2D eigenvalue weighted by Gasteiger charge is 2.37. The Morgan fingerprint density at radius 3 is 2.50 bits per heavy atom. The monoisotopic (exact) mass is 196 g/mol. The lowest BCUT2D eigenvalue weighted by Crippen LogP contribution is -2.32. The summed E-state index contributed by atoms with van der Waals surface area (Å²) in [6.07, 6.45) is 5.85. The van der Waals surface area contributed by atoms with Crippen molar-refractivity contribution < 1.29 is 4.79 Å². The van der Waals surface area contributed by atoms with Gasteiger partial charge in [-0.25, -0.2) is 5.43 Å². The fourth-order valence-electron chi connectivity index (χ4n) is 1.62. The van der Waals surface area contributed by atoms with Gasteiger partial charge in [0.2, 0.25) is 0 Å². The zero-order chi connectivity index (χ0) is 10.6. The molecule has 0 bridgehead atoms. The van der Waals surface area contributed by atoms with Gasteiger partial charge in [0.25, 0.3) is 5.91 Å². The molecule has 1 amide bonds. The van der Waals surface area contributed by atoms with Crippen LogP contribution in [0.4, 0.5) is 0 Å². The molecule has 3 nitrogen and oxygen atoms in total. The predicted molar refractivity (Wildman–Crippen MR) is 58.1 cm³/mol. The molecule has 0 aromatic rings. The smallest absolute Gasteiger partial charge is 0.251 e. The summed E-state index contributed by atoms with van der Waals surface area (Å²) < 4.78 is 0. The van der Waals surface area contributed by atoms with Crippen LogP contribution in [0, 0.1) is 5.41 Å². The first-order valence-corrected chi connectivity index (χ1v) is 5.46. The summed E-state index contributed by atoms with van der Waals surface area (Å²) in [5.74, 6) is 0.0305. The van der Waals surface area contributed by atoms with E-state index in [9.17, 15) is 4.79 Å². The standard InChI is InChI=1S/C11H20N2O/c1-4-5-6-7-8-9-11(2,3)10(14)13-12-9/h4-8H2,1-3H3,(H,13,14). The first-order valence-electron chi connectivity index (χ1n) is 5.46. The number of hydrazone groups is 1. The Morgan fingerprint density at radius 2 is 2.00 bits per heavy atom. The van der Waals surface area contributed by atoms with Gasteiger partial charge >= 0.3 is 0 Å². The molecule has 80 valence electrons. The molecule has 0 aliphatic carbocycles. The third-order valence-corrected chi connectivity index (χ3v) is 2.85. The molecule has 0 aromatic heterocycles. The van der Waals surface area contributed by atoms with Gasteiger partial charge in [0.1, 0.15) is 0 Å². The molecular weight excluding hydrogens is 176 g/mol. The first-order chi connectivity index (χ1) is 6.59. The second-order valence-electron chi connectivity index (χ2n) is 4.44. The van der Waals surface area contributed by atoms with Crippen LogP contribution in [0.1, 0.15) is 52.9 Å². The maximum Gasteiger partial charge on any atom is 0.251 e. The van der Waals surface area contributed by atoms with Crippen molar-refractivity contribution in [3.63, 3.8) is 0 Å². The van der Waals surface area contributed by atoms with Crippen molar-refractivity contribution in [3.8, 4) is 0 Å². The van der Waals surface area contributed by atoms with Crippen LogP contribution in [0.2, 0.25) is 0 Å². The van der Waals surface area contributed by atoms with E-state index in [4.69, 9.17) is 0 Å². The van der Waals surface area contributed by atoms with Crippen molar-refractivity contribution in [2.45, 2.75) is 52.9 Å². The Balaban J connectivity index is 2.35. The summed E-state index contributed by atoms with van der Waals surface area (Å²) in [6, 6.07) is 0. The highest BCUT2D eigenvalue weighted by molar-refractivity contribution is 6.11. The van der Waals surface area contributed by atoms with E-state index >= 15 is 0 Å². The molecular formula is C11H20N2O. The maximum atomic E-state index is 11.4. The van der Waals surface area contributed by atoms with Crippen molar-refractivity contribution in [3.05, 3.63) is 0 Å². The molecule has 0 spiro atoms. The molecule has 0 aromatic carbocycles. The van der Waals surface area contributed by atoms with Gasteiger partial charge in [-0.05, 0) is 26.7 Å². The van der Waals surface area contributed by atoms with Crippen molar-refractivity contribution >= 4 is 11.6 Å². The van der Waals surface area contributed by atoms with Gasteiger partial charge in [0, 0.05) is 0 Å². The van der Waals surface area contributed by atoms with Gasteiger partial charge in [-0.3, -0.25) is 4.79 Å². The minimum Gasteiger partial charge on any atom is -0.272 e. The van der Waals surface area contributed by atoms with Gasteiger partial charge in [-0.1, -0.05) is 26.2 Å². The second kappa shape index (κ2) is 4.58. The van der Waals surface area contributed by atoms with Crippen LogP contribution in [0.3, 0.4) is 0 Å². The van der Waals surface area contributed by atoms with E-state index in [0.29, 0.717) is 0 Å². The van der Waals surface area contributed by atoms with E-state index in [1.165, 1.54) is 19.3 Å². The number of amides is 1. The number of nitrogens with one attached hydrogen (secondary N) is 1. The lowest BCUT2D eigenvalue weighted by Gasteiger charge is -2.16. The van der Waals surface area contributed by atoms with E-state index in [-0.39, 0.29) is 11.3 Å². The summed E-state index contributed by atoms with van der Waals surface area (Å²) in [5.41, 5.74) is 3.18. The summed E-state index contributed by atoms with van der Waals surface area (Å²) >= 11 is 0.